The number of halogens is 5. The molecule has 0 radical (unpaired) electrons. The fraction of sp³-hybridized carbons (Fsp3) is 0.421. The Morgan fingerprint density at radius 1 is 1.12 bits per heavy atom. The van der Waals surface area contributed by atoms with Crippen LogP contribution >= 0.6 is 11.9 Å². The van der Waals surface area contributed by atoms with Crippen LogP contribution < -0.4 is 4.90 Å². The Kier molecular flexibility index (Phi) is 5.88. The molecule has 13 heteroatoms. The number of hydrogen-bond acceptors (Lipinski definition) is 7. The van der Waals surface area contributed by atoms with Crippen molar-refractivity contribution in [3.8, 4) is 17.0 Å². The van der Waals surface area contributed by atoms with Gasteiger partial charge in [-0.2, -0.15) is 23.3 Å². The number of fused-ring (bicyclic) bond motifs is 1. The van der Waals surface area contributed by atoms with Gasteiger partial charge in [-0.15, -0.1) is 0 Å². The first-order valence-electron chi connectivity index (χ1n) is 9.71. The van der Waals surface area contributed by atoms with Gasteiger partial charge >= 0.3 is 6.18 Å². The molecule has 2 aromatic heterocycles. The molecule has 1 N–H and O–H groups in total. The summed E-state index contributed by atoms with van der Waals surface area (Å²) in [6, 6.07) is 0.307. The minimum absolute atomic E-state index is 0.191. The van der Waals surface area contributed by atoms with Gasteiger partial charge in [-0.25, -0.2) is 22.8 Å². The van der Waals surface area contributed by atoms with E-state index in [1.54, 1.807) is 18.9 Å². The van der Waals surface area contributed by atoms with Crippen LogP contribution in [0.4, 0.5) is 27.9 Å². The van der Waals surface area contributed by atoms with Crippen LogP contribution in [-0.4, -0.2) is 61.6 Å². The molecule has 172 valence electrons. The lowest BCUT2D eigenvalue weighted by Gasteiger charge is -2.33. The van der Waals surface area contributed by atoms with Crippen molar-refractivity contribution in [3.63, 3.8) is 0 Å². The van der Waals surface area contributed by atoms with E-state index in [0.29, 0.717) is 37.3 Å². The van der Waals surface area contributed by atoms with Gasteiger partial charge in [-0.1, -0.05) is 11.9 Å². The van der Waals surface area contributed by atoms with Crippen molar-refractivity contribution in [2.45, 2.75) is 19.6 Å². The molecule has 4 rings (SSSR count). The summed E-state index contributed by atoms with van der Waals surface area (Å²) in [4.78, 5) is 10.8. The highest BCUT2D eigenvalue weighted by molar-refractivity contribution is 7.96. The second-order valence-corrected chi connectivity index (χ2v) is 8.00. The van der Waals surface area contributed by atoms with Crippen LogP contribution in [-0.2, 0) is 12.7 Å². The number of phenols is 1. The predicted octanol–water partition coefficient (Wildman–Crippen LogP) is 3.92. The summed E-state index contributed by atoms with van der Waals surface area (Å²) >= 11 is 1.65. The summed E-state index contributed by atoms with van der Waals surface area (Å²) in [5.41, 5.74) is -2.37. The molecule has 3 heterocycles. The second kappa shape index (κ2) is 8.35. The van der Waals surface area contributed by atoms with Crippen LogP contribution in [0.1, 0.15) is 12.5 Å². The maximum atomic E-state index is 14.6. The summed E-state index contributed by atoms with van der Waals surface area (Å²) in [5, 5.41) is 14.0. The average Bonchev–Trinajstić information content (AvgIpc) is 3.14. The van der Waals surface area contributed by atoms with E-state index in [1.165, 1.54) is 10.9 Å². The molecule has 1 aromatic carbocycles. The van der Waals surface area contributed by atoms with E-state index >= 15 is 0 Å². The maximum absolute atomic E-state index is 14.6. The smallest absolute Gasteiger partial charge is 0.419 e. The van der Waals surface area contributed by atoms with Gasteiger partial charge in [-0.05, 0) is 19.2 Å². The Hall–Kier alpha value is -2.67. The first-order valence-corrected chi connectivity index (χ1v) is 10.9. The van der Waals surface area contributed by atoms with Gasteiger partial charge in [0.15, 0.2) is 23.0 Å². The Morgan fingerprint density at radius 2 is 1.81 bits per heavy atom. The van der Waals surface area contributed by atoms with Crippen molar-refractivity contribution in [2.24, 2.45) is 0 Å². The number of piperazine rings is 1. The normalized spacial score (nSPS) is 15.7. The number of aromatic nitrogens is 4. The summed E-state index contributed by atoms with van der Waals surface area (Å²) in [7, 11) is 0. The molecular formula is C19H19F5N6OS. The highest BCUT2D eigenvalue weighted by atomic mass is 32.2. The summed E-state index contributed by atoms with van der Waals surface area (Å²) < 4.78 is 71.8. The Labute approximate surface area is 184 Å². The standard InChI is InChI=1S/C19H19F5N6OS/c1-3-30-17-11(9-25-18(26-17)28-4-6-29(32-2)7-5-28)15(27-30)10-8-12(19(22,23)24)14(21)16(31)13(10)20/h8-9,31H,3-7H2,1-2H3. The lowest BCUT2D eigenvalue weighted by Crippen LogP contribution is -2.44. The van der Waals surface area contributed by atoms with Crippen molar-refractivity contribution < 1.29 is 27.1 Å². The van der Waals surface area contributed by atoms with Gasteiger partial charge in [0.2, 0.25) is 5.95 Å². The third kappa shape index (κ3) is 3.83. The Bertz CT molecular complexity index is 1160. The highest BCUT2D eigenvalue weighted by Gasteiger charge is 2.38. The molecule has 0 bridgehead atoms. The molecule has 1 aliphatic heterocycles. The Balaban J connectivity index is 1.83. The number of rotatable bonds is 4. The van der Waals surface area contributed by atoms with Crippen LogP contribution in [0.15, 0.2) is 12.3 Å². The number of alkyl halides is 3. The Morgan fingerprint density at radius 3 is 2.41 bits per heavy atom. The van der Waals surface area contributed by atoms with E-state index in [9.17, 15) is 27.1 Å². The predicted molar refractivity (Wildman–Crippen MR) is 110 cm³/mol. The molecule has 0 atom stereocenters. The van der Waals surface area contributed by atoms with Crippen molar-refractivity contribution >= 4 is 28.9 Å². The van der Waals surface area contributed by atoms with Crippen LogP contribution in [0, 0.1) is 11.6 Å². The first kappa shape index (κ1) is 22.5. The minimum atomic E-state index is -5.13. The molecular weight excluding hydrogens is 455 g/mol. The summed E-state index contributed by atoms with van der Waals surface area (Å²) in [5.74, 6) is -4.88. The molecule has 32 heavy (non-hydrogen) atoms. The number of hydrogen-bond donors (Lipinski definition) is 1. The minimum Gasteiger partial charge on any atom is -0.503 e. The van der Waals surface area contributed by atoms with Crippen molar-refractivity contribution in [1.82, 2.24) is 24.1 Å². The van der Waals surface area contributed by atoms with Gasteiger partial charge in [0.1, 0.15) is 5.69 Å². The molecule has 0 saturated carbocycles. The lowest BCUT2D eigenvalue weighted by molar-refractivity contribution is -0.140. The number of nitrogens with zero attached hydrogens (tertiary/aromatic N) is 6. The lowest BCUT2D eigenvalue weighted by atomic mass is 10.0. The zero-order valence-electron chi connectivity index (χ0n) is 17.1. The quantitative estimate of drug-likeness (QED) is 0.454. The summed E-state index contributed by atoms with van der Waals surface area (Å²) in [6.07, 6.45) is -1.77. The molecule has 1 saturated heterocycles. The number of benzene rings is 1. The maximum Gasteiger partial charge on any atom is 0.419 e. The molecule has 3 aromatic rings. The van der Waals surface area contributed by atoms with Crippen LogP contribution in [0.5, 0.6) is 5.75 Å². The van der Waals surface area contributed by atoms with Crippen molar-refractivity contribution in [1.29, 1.82) is 0 Å². The molecule has 0 amide bonds. The number of anilines is 1. The fourth-order valence-corrected chi connectivity index (χ4v) is 4.12. The molecule has 1 fully saturated rings. The molecule has 0 aliphatic carbocycles. The zero-order valence-corrected chi connectivity index (χ0v) is 17.9. The third-order valence-electron chi connectivity index (χ3n) is 5.29. The van der Waals surface area contributed by atoms with E-state index in [0.717, 1.165) is 13.1 Å². The second-order valence-electron chi connectivity index (χ2n) is 7.12. The SMILES string of the molecule is CCn1nc(-c2cc(C(F)(F)F)c(F)c(O)c2F)c2cnc(N3CCN(SC)CC3)nc21. The van der Waals surface area contributed by atoms with Crippen LogP contribution in [0.2, 0.25) is 0 Å². The molecule has 0 unspecified atom stereocenters. The van der Waals surface area contributed by atoms with E-state index in [2.05, 4.69) is 19.4 Å². The van der Waals surface area contributed by atoms with Gasteiger partial charge in [0.25, 0.3) is 0 Å². The highest BCUT2D eigenvalue weighted by Crippen LogP contribution is 2.41. The van der Waals surface area contributed by atoms with Crippen molar-refractivity contribution in [2.75, 3.05) is 37.3 Å². The van der Waals surface area contributed by atoms with Gasteiger partial charge in [0, 0.05) is 44.5 Å². The van der Waals surface area contributed by atoms with Gasteiger partial charge in [0.05, 0.1) is 10.9 Å². The monoisotopic (exact) mass is 474 g/mol. The first-order chi connectivity index (χ1) is 15.2. The summed E-state index contributed by atoms with van der Waals surface area (Å²) in [6.45, 7) is 5.04. The largest absolute Gasteiger partial charge is 0.503 e. The van der Waals surface area contributed by atoms with Crippen molar-refractivity contribution in [3.05, 3.63) is 29.5 Å². The average molecular weight is 474 g/mol. The molecule has 0 spiro atoms. The molecule has 1 aliphatic rings. The van der Waals surface area contributed by atoms with E-state index < -0.39 is 34.7 Å². The molecule has 7 nitrogen and oxygen atoms in total. The van der Waals surface area contributed by atoms with Gasteiger partial charge in [-0.3, -0.25) is 0 Å². The number of aromatic hydroxyl groups is 1. The van der Waals surface area contributed by atoms with E-state index in [-0.39, 0.29) is 11.1 Å². The fourth-order valence-electron chi connectivity index (χ4n) is 3.59. The van der Waals surface area contributed by atoms with Crippen LogP contribution in [0.25, 0.3) is 22.3 Å². The number of phenolic OH excluding ortho intramolecular Hbond substituents is 1. The topological polar surface area (TPSA) is 70.3 Å². The third-order valence-corrected chi connectivity index (χ3v) is 6.17. The van der Waals surface area contributed by atoms with Crippen LogP contribution in [0.3, 0.4) is 0 Å². The van der Waals surface area contributed by atoms with E-state index in [1.807, 2.05) is 11.2 Å². The zero-order chi connectivity index (χ0) is 23.2. The van der Waals surface area contributed by atoms with Gasteiger partial charge < -0.3 is 10.0 Å². The number of aryl methyl sites for hydroxylation is 1. The van der Waals surface area contributed by atoms with E-state index in [4.69, 9.17) is 0 Å².